The maximum atomic E-state index is 8.40. The Hall–Kier alpha value is -12.4. The van der Waals surface area contributed by atoms with Crippen molar-refractivity contribution >= 4 is 76.9 Å². The summed E-state index contributed by atoms with van der Waals surface area (Å²) in [6.07, 6.45) is 18.6. The van der Waals surface area contributed by atoms with Gasteiger partial charge in [-0.05, 0) is 168 Å². The number of hydrogen-bond acceptors (Lipinski definition) is 11. The van der Waals surface area contributed by atoms with E-state index in [9.17, 15) is 0 Å². The fourth-order valence-corrected chi connectivity index (χ4v) is 16.6. The van der Waals surface area contributed by atoms with Crippen molar-refractivity contribution < 1.29 is 64.4 Å². The maximum Gasteiger partial charge on any atom is 0.316 e. The molecule has 0 aliphatic carbocycles. The van der Waals surface area contributed by atoms with Crippen LogP contribution in [0.5, 0.6) is 0 Å². The minimum absolute atomic E-state index is 0. The number of nitrogens with zero attached hydrogens (tertiary/aromatic N) is 9. The summed E-state index contributed by atoms with van der Waals surface area (Å²) >= 11 is 0. The van der Waals surface area contributed by atoms with Crippen LogP contribution in [0.2, 0.25) is 0 Å². The normalized spacial score (nSPS) is 12.0. The Labute approximate surface area is 804 Å². The molecule has 6 aromatic heterocycles. The molecule has 0 unspecified atom stereocenters. The van der Waals surface area contributed by atoms with Gasteiger partial charge in [-0.2, -0.15) is 0 Å². The second-order valence-corrected chi connectivity index (χ2v) is 38.3. The number of furan rings is 1. The van der Waals surface area contributed by atoms with Gasteiger partial charge >= 0.3 is 11.6 Å². The summed E-state index contributed by atoms with van der Waals surface area (Å²) in [4.78, 5) is 57.8. The number of benzene rings is 11. The zero-order chi connectivity index (χ0) is 92.3. The maximum absolute atomic E-state index is 8.40. The van der Waals surface area contributed by atoms with E-state index in [0.29, 0.717) is 34.9 Å². The van der Waals surface area contributed by atoms with Crippen LogP contribution in [0.1, 0.15) is 209 Å². The Bertz CT molecular complexity index is 6810. The van der Waals surface area contributed by atoms with Gasteiger partial charge in [-0.1, -0.05) is 340 Å². The van der Waals surface area contributed by atoms with Gasteiger partial charge in [-0.15, -0.1) is 41.5 Å². The Morgan fingerprint density at radius 2 is 0.697 bits per heavy atom. The van der Waals surface area contributed by atoms with Crippen molar-refractivity contribution in [3.05, 3.63) is 318 Å². The second-order valence-electron chi connectivity index (χ2n) is 38.3. The minimum atomic E-state index is 0. The van der Waals surface area contributed by atoms with E-state index in [4.69, 9.17) is 64.1 Å². The average molecular weight is 2110 g/mol. The standard InChI is InChI=1S/C62H66N5.C44H37N4O.2C5H8O2.2Ir/c1-9-11-13-15-21-42-37-43(22-16-14-12-10-2)39-49(38-42)67-55-26-20-19-24-51(55)52-36-31-46(40-56(52)67)57-53-25-18-17-23-50(53)54(41-63-57)60-65-58(44-27-32-47(33-28-44)61(3,4)5)64-59(66-60)45-29-34-48(35-30-45)62(6,7)8;1-43(2,3)30-20-15-27(16-21-30)40-46-41(28-17-22-31(23-18-28)44(4,5)6)48-42(47-40)36-26-45-39(35-13-8-7-11-32(35)36)29-19-24-34-33-12-9-10-14-37(33)49-38(34)25-29;2*1-4(6)3-5(2)7;;/h17-20,23-30,32-41H,9-16,21-22H2,1-8H3;7-18,20-26H,1-6H3;2*3,6H,1-2H3;;/q2*-1;;;;/p+2. The molecule has 14 nitrogen and oxygen atoms in total. The van der Waals surface area contributed by atoms with Gasteiger partial charge in [-0.25, -0.2) is 29.9 Å². The first-order valence-electron chi connectivity index (χ1n) is 45.6. The number of rotatable bonds is 21. The fourth-order valence-electron chi connectivity index (χ4n) is 16.6. The van der Waals surface area contributed by atoms with Crippen molar-refractivity contribution in [2.75, 3.05) is 0 Å². The first-order chi connectivity index (χ1) is 62.2. The number of pyridine rings is 2. The molecule has 0 atom stereocenters. The number of allylic oxidation sites excluding steroid dienone is 4. The van der Waals surface area contributed by atoms with Crippen LogP contribution in [0.4, 0.5) is 0 Å². The Balaban J connectivity index is 0.000000212. The number of aryl methyl sites for hydroxylation is 2. The van der Waals surface area contributed by atoms with E-state index < -0.39 is 0 Å². The molecule has 2 radical (unpaired) electrons. The monoisotopic (exact) mass is 2110 g/mol. The zero-order valence-corrected chi connectivity index (χ0v) is 84.1. The summed E-state index contributed by atoms with van der Waals surface area (Å²) < 4.78 is 8.69. The van der Waals surface area contributed by atoms with E-state index in [0.717, 1.165) is 118 Å². The number of ketones is 2. The van der Waals surface area contributed by atoms with Crippen molar-refractivity contribution in [2.45, 2.75) is 210 Å². The van der Waals surface area contributed by atoms with Crippen LogP contribution >= 0.6 is 0 Å². The third-order valence-corrected chi connectivity index (χ3v) is 23.6. The molecule has 16 heteroatoms. The number of para-hydroxylation sites is 2. The number of hydrogen-bond donors (Lipinski definition) is 2. The summed E-state index contributed by atoms with van der Waals surface area (Å²) in [5.74, 6) is 4.18. The molecule has 0 bridgehead atoms. The van der Waals surface area contributed by atoms with Gasteiger partial charge in [0.2, 0.25) is 0 Å². The van der Waals surface area contributed by atoms with Crippen molar-refractivity contribution in [1.82, 2.24) is 44.4 Å². The van der Waals surface area contributed by atoms with Crippen LogP contribution in [-0.2, 0) is 74.7 Å². The summed E-state index contributed by atoms with van der Waals surface area (Å²) in [5.41, 5.74) is 22.3. The van der Waals surface area contributed by atoms with Crippen LogP contribution in [0, 0.1) is 12.1 Å². The van der Waals surface area contributed by atoms with Crippen LogP contribution in [0.3, 0.4) is 0 Å². The van der Waals surface area contributed by atoms with Gasteiger partial charge in [0, 0.05) is 97.2 Å². The molecule has 17 rings (SSSR count). The first kappa shape index (κ1) is 98.6. The van der Waals surface area contributed by atoms with E-state index in [1.54, 1.807) is 0 Å². The fraction of sp³-hybridized carbons (Fsp3) is 0.276. The van der Waals surface area contributed by atoms with E-state index in [1.807, 2.05) is 54.9 Å². The Morgan fingerprint density at radius 1 is 0.356 bits per heavy atom. The molecule has 6 heterocycles. The largest absolute Gasteiger partial charge is 0.512 e. The predicted octanol–water partition coefficient (Wildman–Crippen LogP) is 30.2. The van der Waals surface area contributed by atoms with E-state index in [2.05, 4.69) is 308 Å². The summed E-state index contributed by atoms with van der Waals surface area (Å²) in [6.45, 7) is 37.3. The van der Waals surface area contributed by atoms with Crippen molar-refractivity contribution in [3.63, 3.8) is 0 Å². The van der Waals surface area contributed by atoms with Crippen LogP contribution in [0.15, 0.2) is 277 Å². The number of carbonyl (C=O) groups excluding carboxylic acids is 2. The second kappa shape index (κ2) is 42.9. The zero-order valence-electron chi connectivity index (χ0n) is 79.3. The summed E-state index contributed by atoms with van der Waals surface area (Å²) in [6, 6.07) is 91.2. The molecular formula is C116H121Ir2N9O5. The van der Waals surface area contributed by atoms with E-state index in [-0.39, 0.29) is 85.0 Å². The molecule has 0 amide bonds. The van der Waals surface area contributed by atoms with Crippen molar-refractivity contribution in [2.24, 2.45) is 0 Å². The summed E-state index contributed by atoms with van der Waals surface area (Å²) in [5, 5.41) is 25.4. The molecule has 0 fully saturated rings. The third-order valence-electron chi connectivity index (χ3n) is 23.6. The van der Waals surface area contributed by atoms with Crippen molar-refractivity contribution in [1.29, 1.82) is 0 Å². The van der Waals surface area contributed by atoms with Gasteiger partial charge in [0.1, 0.15) is 5.58 Å². The average Bonchev–Trinajstić information content (AvgIpc) is 1.62. The first-order valence-corrected chi connectivity index (χ1v) is 45.6. The van der Waals surface area contributed by atoms with E-state index >= 15 is 0 Å². The number of aliphatic hydroxyl groups is 2. The molecule has 0 aliphatic rings. The molecule has 0 aliphatic heterocycles. The molecule has 132 heavy (non-hydrogen) atoms. The van der Waals surface area contributed by atoms with E-state index in [1.165, 1.54) is 147 Å². The Kier molecular flexibility index (Phi) is 32.0. The van der Waals surface area contributed by atoms with Gasteiger partial charge in [0.05, 0.1) is 43.1 Å². The topological polar surface area (TPSA) is 204 Å². The quantitative estimate of drug-likeness (QED) is 0.0228. The molecule has 0 saturated heterocycles. The molecule has 0 spiro atoms. The molecule has 11 aromatic carbocycles. The molecule has 4 N–H and O–H groups in total. The third kappa shape index (κ3) is 23.7. The Morgan fingerprint density at radius 3 is 1.06 bits per heavy atom. The summed E-state index contributed by atoms with van der Waals surface area (Å²) in [7, 11) is 0. The molecule has 678 valence electrons. The SMILES string of the molecule is CC(=[OH+])C=C(C)O.CC(=[OH+])C=C(C)O.CC(C)(C)c1ccc(-c2nc(-c3ccc(C(C)(C)C)cc3)nc(-c3cnc(-c4[c-]cc5c(c4)oc4ccccc45)c4ccccc34)n2)cc1.CCCCCCc1cc(CCCCCC)cc(-n2c3ccccc3c3c[c-]c(-c4ncc(-c5nc(-c6ccc(C(C)(C)C)cc6)nc(-c6ccc(C(C)(C)C)cc6)n5)c5ccccc45)cc32)c1.[Ir].[Ir]. The van der Waals surface area contributed by atoms with Crippen LogP contribution < -0.4 is 0 Å². The molecular weight excluding hydrogens is 1980 g/mol. The number of aliphatic hydroxyl groups excluding tert-OH is 2. The smallest absolute Gasteiger partial charge is 0.316 e. The predicted molar refractivity (Wildman–Crippen MR) is 542 cm³/mol. The van der Waals surface area contributed by atoms with Gasteiger partial charge in [0.15, 0.2) is 34.9 Å². The van der Waals surface area contributed by atoms with Crippen molar-refractivity contribution in [3.8, 4) is 96.5 Å². The van der Waals surface area contributed by atoms with Gasteiger partial charge in [0.25, 0.3) is 0 Å². The molecule has 17 aromatic rings. The van der Waals surface area contributed by atoms with Gasteiger partial charge < -0.3 is 29.2 Å². The van der Waals surface area contributed by atoms with Crippen LogP contribution in [-0.4, -0.2) is 75.8 Å². The number of aromatic nitrogens is 9. The number of fused-ring (bicyclic) bond motifs is 8. The van der Waals surface area contributed by atoms with Gasteiger partial charge in [-0.3, -0.25) is 9.59 Å². The van der Waals surface area contributed by atoms with Crippen LogP contribution in [0.25, 0.3) is 162 Å². The minimum Gasteiger partial charge on any atom is -0.512 e. The number of unbranched alkanes of at least 4 members (excludes halogenated alkanes) is 6. The molecule has 0 saturated carbocycles.